The monoisotopic (exact) mass is 494 g/mol. The zero-order valence-electron chi connectivity index (χ0n) is 18.2. The van der Waals surface area contributed by atoms with Gasteiger partial charge in [0, 0.05) is 43.1 Å². The Morgan fingerprint density at radius 2 is 1.71 bits per heavy atom. The molecule has 3 aromatic rings. The first-order valence-electron chi connectivity index (χ1n) is 10.8. The van der Waals surface area contributed by atoms with Crippen LogP contribution >= 0.6 is 23.6 Å². The minimum Gasteiger partial charge on any atom is -0.454 e. The lowest BCUT2D eigenvalue weighted by Crippen LogP contribution is -2.48. The molecule has 10 heteroatoms. The van der Waals surface area contributed by atoms with Crippen molar-refractivity contribution in [3.63, 3.8) is 0 Å². The van der Waals surface area contributed by atoms with Gasteiger partial charge < -0.3 is 24.6 Å². The van der Waals surface area contributed by atoms with Crippen LogP contribution in [0.1, 0.15) is 20.0 Å². The SMILES string of the molecule is O=C(NC(=S)Nc1ccc(N2CCN(C(=O)c3cccs3)CC2)cc1)c1ccc2c(c1)OCO2. The number of carbonyl (C=O) groups excluding carboxylic acids is 2. The van der Waals surface area contributed by atoms with Gasteiger partial charge in [0.2, 0.25) is 6.79 Å². The van der Waals surface area contributed by atoms with Crippen LogP contribution in [0.2, 0.25) is 0 Å². The molecule has 1 saturated heterocycles. The number of nitrogens with one attached hydrogen (secondary N) is 2. The second-order valence-electron chi connectivity index (χ2n) is 7.78. The average Bonchev–Trinajstić information content (AvgIpc) is 3.56. The van der Waals surface area contributed by atoms with Crippen LogP contribution < -0.4 is 25.0 Å². The van der Waals surface area contributed by atoms with Crippen molar-refractivity contribution < 1.29 is 19.1 Å². The van der Waals surface area contributed by atoms with Crippen LogP contribution in [0, 0.1) is 0 Å². The molecule has 2 aliphatic heterocycles. The summed E-state index contributed by atoms with van der Waals surface area (Å²) in [6.45, 7) is 3.07. The predicted molar refractivity (Wildman–Crippen MR) is 135 cm³/mol. The second-order valence-corrected chi connectivity index (χ2v) is 9.14. The van der Waals surface area contributed by atoms with Crippen molar-refractivity contribution in [3.8, 4) is 11.5 Å². The van der Waals surface area contributed by atoms with Gasteiger partial charge in [0.1, 0.15) is 0 Å². The van der Waals surface area contributed by atoms with E-state index in [1.165, 1.54) is 11.3 Å². The van der Waals surface area contributed by atoms with E-state index in [1.54, 1.807) is 18.2 Å². The van der Waals surface area contributed by atoms with Gasteiger partial charge in [-0.05, 0) is 66.1 Å². The Balaban J connectivity index is 1.12. The van der Waals surface area contributed by atoms with Crippen LogP contribution in [0.3, 0.4) is 0 Å². The average molecular weight is 495 g/mol. The van der Waals surface area contributed by atoms with Gasteiger partial charge in [0.25, 0.3) is 11.8 Å². The normalized spacial score (nSPS) is 14.6. The summed E-state index contributed by atoms with van der Waals surface area (Å²) in [5, 5.41) is 7.84. The van der Waals surface area contributed by atoms with Gasteiger partial charge in [-0.2, -0.15) is 0 Å². The summed E-state index contributed by atoms with van der Waals surface area (Å²) in [6, 6.07) is 16.6. The number of carbonyl (C=O) groups is 2. The fourth-order valence-corrected chi connectivity index (χ4v) is 4.76. The molecule has 0 saturated carbocycles. The molecule has 1 fully saturated rings. The number of fused-ring (bicyclic) bond motifs is 1. The number of hydrogen-bond donors (Lipinski definition) is 2. The number of amides is 2. The van der Waals surface area contributed by atoms with Gasteiger partial charge in [0.05, 0.1) is 4.88 Å². The fraction of sp³-hybridized carbons (Fsp3) is 0.208. The molecule has 2 aliphatic rings. The van der Waals surface area contributed by atoms with Crippen molar-refractivity contribution in [2.45, 2.75) is 0 Å². The topological polar surface area (TPSA) is 83.1 Å². The van der Waals surface area contributed by atoms with Crippen molar-refractivity contribution in [2.24, 2.45) is 0 Å². The summed E-state index contributed by atoms with van der Waals surface area (Å²) in [7, 11) is 0. The van der Waals surface area contributed by atoms with E-state index >= 15 is 0 Å². The summed E-state index contributed by atoms with van der Waals surface area (Å²) in [4.78, 5) is 29.9. The number of ether oxygens (including phenoxy) is 2. The molecule has 0 bridgehead atoms. The molecule has 0 atom stereocenters. The zero-order valence-corrected chi connectivity index (χ0v) is 19.8. The molecule has 0 aliphatic carbocycles. The number of rotatable bonds is 4. The third-order valence-electron chi connectivity index (χ3n) is 5.65. The maximum absolute atomic E-state index is 12.5. The van der Waals surface area contributed by atoms with E-state index in [0.29, 0.717) is 30.2 Å². The van der Waals surface area contributed by atoms with E-state index in [4.69, 9.17) is 21.7 Å². The molecule has 34 heavy (non-hydrogen) atoms. The predicted octanol–water partition coefficient (Wildman–Crippen LogP) is 3.57. The molecule has 3 heterocycles. The van der Waals surface area contributed by atoms with Crippen LogP contribution in [-0.2, 0) is 0 Å². The first-order valence-corrected chi connectivity index (χ1v) is 12.1. The van der Waals surface area contributed by atoms with E-state index in [9.17, 15) is 9.59 Å². The Labute approximate surface area is 206 Å². The lowest BCUT2D eigenvalue weighted by Gasteiger charge is -2.36. The van der Waals surface area contributed by atoms with Crippen LogP contribution in [0.5, 0.6) is 11.5 Å². The molecular weight excluding hydrogens is 472 g/mol. The first kappa shape index (κ1) is 22.2. The standard InChI is InChI=1S/C24H22N4O4S2/c29-22(16-3-8-19-20(14-16)32-15-31-19)26-24(33)25-17-4-6-18(7-5-17)27-9-11-28(12-10-27)23(30)21-2-1-13-34-21/h1-8,13-14H,9-12,15H2,(H2,25,26,29,33). The van der Waals surface area contributed by atoms with Gasteiger partial charge in [-0.1, -0.05) is 6.07 Å². The minimum atomic E-state index is -0.331. The van der Waals surface area contributed by atoms with Gasteiger partial charge >= 0.3 is 0 Å². The molecule has 0 radical (unpaired) electrons. The molecule has 0 unspecified atom stereocenters. The molecule has 2 amide bonds. The van der Waals surface area contributed by atoms with Gasteiger partial charge in [-0.25, -0.2) is 0 Å². The number of thiocarbonyl (C=S) groups is 1. The summed E-state index contributed by atoms with van der Waals surface area (Å²) in [5.41, 5.74) is 2.27. The van der Waals surface area contributed by atoms with Crippen molar-refractivity contribution in [2.75, 3.05) is 43.2 Å². The minimum absolute atomic E-state index is 0.102. The third kappa shape index (κ3) is 4.82. The molecular formula is C24H22N4O4S2. The highest BCUT2D eigenvalue weighted by Gasteiger charge is 2.23. The van der Waals surface area contributed by atoms with E-state index in [0.717, 1.165) is 29.3 Å². The van der Waals surface area contributed by atoms with Crippen molar-refractivity contribution in [1.29, 1.82) is 0 Å². The third-order valence-corrected chi connectivity index (χ3v) is 6.71. The van der Waals surface area contributed by atoms with Crippen molar-refractivity contribution in [1.82, 2.24) is 10.2 Å². The molecule has 1 aromatic heterocycles. The zero-order chi connectivity index (χ0) is 23.5. The Bertz CT molecular complexity index is 1210. The highest BCUT2D eigenvalue weighted by molar-refractivity contribution is 7.80. The molecule has 2 N–H and O–H groups in total. The number of thiophene rings is 1. The van der Waals surface area contributed by atoms with E-state index in [1.807, 2.05) is 46.7 Å². The van der Waals surface area contributed by atoms with Gasteiger partial charge in [0.15, 0.2) is 16.6 Å². The largest absolute Gasteiger partial charge is 0.454 e. The van der Waals surface area contributed by atoms with Crippen LogP contribution in [0.4, 0.5) is 11.4 Å². The number of anilines is 2. The van der Waals surface area contributed by atoms with Gasteiger partial charge in [-0.15, -0.1) is 11.3 Å². The van der Waals surface area contributed by atoms with Crippen LogP contribution in [-0.4, -0.2) is 54.8 Å². The number of benzene rings is 2. The molecule has 8 nitrogen and oxygen atoms in total. The summed E-state index contributed by atoms with van der Waals surface area (Å²) < 4.78 is 10.6. The quantitative estimate of drug-likeness (QED) is 0.537. The maximum atomic E-state index is 12.5. The maximum Gasteiger partial charge on any atom is 0.264 e. The van der Waals surface area contributed by atoms with E-state index < -0.39 is 0 Å². The summed E-state index contributed by atoms with van der Waals surface area (Å²) in [5.74, 6) is 0.930. The van der Waals surface area contributed by atoms with Gasteiger partial charge in [-0.3, -0.25) is 14.9 Å². The lowest BCUT2D eigenvalue weighted by molar-refractivity contribution is 0.0751. The summed E-state index contributed by atoms with van der Waals surface area (Å²) in [6.07, 6.45) is 0. The molecule has 0 spiro atoms. The Morgan fingerprint density at radius 1 is 0.941 bits per heavy atom. The molecule has 174 valence electrons. The highest BCUT2D eigenvalue weighted by Crippen LogP contribution is 2.32. The van der Waals surface area contributed by atoms with E-state index in [-0.39, 0.29) is 23.7 Å². The lowest BCUT2D eigenvalue weighted by atomic mass is 10.2. The van der Waals surface area contributed by atoms with Crippen molar-refractivity contribution >= 4 is 51.9 Å². The highest BCUT2D eigenvalue weighted by atomic mass is 32.1. The number of nitrogens with zero attached hydrogens (tertiary/aromatic N) is 2. The smallest absolute Gasteiger partial charge is 0.264 e. The van der Waals surface area contributed by atoms with Crippen LogP contribution in [0.15, 0.2) is 60.0 Å². The number of hydrogen-bond acceptors (Lipinski definition) is 7. The first-order chi connectivity index (χ1) is 16.6. The summed E-state index contributed by atoms with van der Waals surface area (Å²) >= 11 is 6.77. The molecule has 2 aromatic carbocycles. The van der Waals surface area contributed by atoms with Crippen molar-refractivity contribution in [3.05, 3.63) is 70.4 Å². The fourth-order valence-electron chi connectivity index (χ4n) is 3.85. The number of piperazine rings is 1. The Kier molecular flexibility index (Phi) is 6.33. The molecule has 5 rings (SSSR count). The second kappa shape index (κ2) is 9.70. The van der Waals surface area contributed by atoms with Crippen LogP contribution in [0.25, 0.3) is 0 Å². The Hall–Kier alpha value is -3.63. The van der Waals surface area contributed by atoms with E-state index in [2.05, 4.69) is 15.5 Å². The Morgan fingerprint density at radius 3 is 2.44 bits per heavy atom.